The maximum absolute atomic E-state index is 6.63. The summed E-state index contributed by atoms with van der Waals surface area (Å²) in [5, 5.41) is 0.305. The summed E-state index contributed by atoms with van der Waals surface area (Å²) in [6, 6.07) is 0. The Bertz CT molecular complexity index is 275. The van der Waals surface area contributed by atoms with Crippen LogP contribution in [0.3, 0.4) is 0 Å². The molecule has 0 N–H and O–H groups in total. The zero-order valence-electron chi connectivity index (χ0n) is 12.6. The standard InChI is InChI=1S/C15H29IOSi/c1-15(2,3)18(4,5)17-14(11-12-16)13-9-7-6-8-10-13/h11-14H,6-10H2,1-5H3/b12-11-. The predicted octanol–water partition coefficient (Wildman–Crippen LogP) is 5.91. The van der Waals surface area contributed by atoms with Crippen molar-refractivity contribution in [1.82, 2.24) is 0 Å². The molecule has 1 atom stereocenters. The smallest absolute Gasteiger partial charge is 0.192 e. The molecule has 0 heterocycles. The van der Waals surface area contributed by atoms with Crippen molar-refractivity contribution in [3.8, 4) is 0 Å². The summed E-state index contributed by atoms with van der Waals surface area (Å²) >= 11 is 2.33. The van der Waals surface area contributed by atoms with E-state index in [9.17, 15) is 0 Å². The number of rotatable bonds is 4. The van der Waals surface area contributed by atoms with E-state index in [0.29, 0.717) is 11.1 Å². The predicted molar refractivity (Wildman–Crippen MR) is 91.8 cm³/mol. The largest absolute Gasteiger partial charge is 0.410 e. The first kappa shape index (κ1) is 16.7. The van der Waals surface area contributed by atoms with Gasteiger partial charge in [0.15, 0.2) is 8.32 Å². The van der Waals surface area contributed by atoms with Crippen molar-refractivity contribution >= 4 is 30.9 Å². The van der Waals surface area contributed by atoms with E-state index in [4.69, 9.17) is 4.43 Å². The van der Waals surface area contributed by atoms with Crippen LogP contribution in [0.25, 0.3) is 0 Å². The third-order valence-corrected chi connectivity index (χ3v) is 9.50. The first-order valence-corrected chi connectivity index (χ1v) is 11.4. The van der Waals surface area contributed by atoms with Crippen LogP contribution in [0, 0.1) is 5.92 Å². The van der Waals surface area contributed by atoms with Gasteiger partial charge in [-0.1, -0.05) is 68.7 Å². The van der Waals surface area contributed by atoms with Crippen LogP contribution in [-0.2, 0) is 4.43 Å². The van der Waals surface area contributed by atoms with Gasteiger partial charge in [0.25, 0.3) is 0 Å². The van der Waals surface area contributed by atoms with E-state index < -0.39 is 8.32 Å². The molecule has 106 valence electrons. The Morgan fingerprint density at radius 1 is 1.17 bits per heavy atom. The van der Waals surface area contributed by atoms with Crippen molar-refractivity contribution in [1.29, 1.82) is 0 Å². The maximum Gasteiger partial charge on any atom is 0.192 e. The lowest BCUT2D eigenvalue weighted by molar-refractivity contribution is 0.132. The highest BCUT2D eigenvalue weighted by Gasteiger charge is 2.40. The lowest BCUT2D eigenvalue weighted by Gasteiger charge is -2.41. The highest BCUT2D eigenvalue weighted by Crippen LogP contribution is 2.40. The molecule has 1 aliphatic rings. The molecule has 1 nitrogen and oxygen atoms in total. The van der Waals surface area contributed by atoms with Crippen molar-refractivity contribution in [2.45, 2.75) is 77.1 Å². The van der Waals surface area contributed by atoms with Gasteiger partial charge >= 0.3 is 0 Å². The third kappa shape index (κ3) is 4.64. The van der Waals surface area contributed by atoms with Crippen LogP contribution in [0.4, 0.5) is 0 Å². The molecular weight excluding hydrogens is 351 g/mol. The van der Waals surface area contributed by atoms with Gasteiger partial charge in [-0.15, -0.1) is 0 Å². The fraction of sp³-hybridized carbons (Fsp3) is 0.867. The van der Waals surface area contributed by atoms with E-state index in [2.05, 4.69) is 66.6 Å². The van der Waals surface area contributed by atoms with Gasteiger partial charge in [0.2, 0.25) is 0 Å². The topological polar surface area (TPSA) is 9.23 Å². The van der Waals surface area contributed by atoms with Crippen molar-refractivity contribution in [2.75, 3.05) is 0 Å². The van der Waals surface area contributed by atoms with Gasteiger partial charge < -0.3 is 4.43 Å². The normalized spacial score (nSPS) is 21.4. The molecule has 1 aliphatic carbocycles. The zero-order chi connectivity index (χ0) is 13.8. The zero-order valence-corrected chi connectivity index (χ0v) is 15.8. The Labute approximate surface area is 128 Å². The van der Waals surface area contributed by atoms with Gasteiger partial charge in [0.1, 0.15) is 0 Å². The Balaban J connectivity index is 2.73. The molecule has 0 amide bonds. The first-order chi connectivity index (χ1) is 8.28. The van der Waals surface area contributed by atoms with Crippen LogP contribution in [0.5, 0.6) is 0 Å². The second-order valence-electron chi connectivity index (χ2n) is 7.06. The molecule has 0 aromatic heterocycles. The molecule has 1 rings (SSSR count). The van der Waals surface area contributed by atoms with Gasteiger partial charge in [-0.3, -0.25) is 0 Å². The van der Waals surface area contributed by atoms with E-state index in [1.165, 1.54) is 32.1 Å². The fourth-order valence-electron chi connectivity index (χ4n) is 2.34. The minimum absolute atomic E-state index is 0.305. The molecule has 0 spiro atoms. The monoisotopic (exact) mass is 380 g/mol. The maximum atomic E-state index is 6.63. The summed E-state index contributed by atoms with van der Waals surface area (Å²) < 4.78 is 8.77. The van der Waals surface area contributed by atoms with Crippen LogP contribution in [0.2, 0.25) is 18.1 Å². The molecule has 18 heavy (non-hydrogen) atoms. The van der Waals surface area contributed by atoms with Crippen molar-refractivity contribution < 1.29 is 4.43 Å². The summed E-state index contributed by atoms with van der Waals surface area (Å²) in [6.07, 6.45) is 9.52. The average molecular weight is 380 g/mol. The Kier molecular flexibility index (Phi) is 6.39. The SMILES string of the molecule is CC(C)(C)[Si](C)(C)OC(/C=C\I)C1CCCCC1. The van der Waals surface area contributed by atoms with E-state index in [-0.39, 0.29) is 0 Å². The molecule has 1 saturated carbocycles. The molecule has 0 radical (unpaired) electrons. The molecule has 0 saturated heterocycles. The Morgan fingerprint density at radius 3 is 2.17 bits per heavy atom. The van der Waals surface area contributed by atoms with E-state index in [0.717, 1.165) is 5.92 Å². The number of hydrogen-bond acceptors (Lipinski definition) is 1. The van der Waals surface area contributed by atoms with Crippen molar-refractivity contribution in [3.63, 3.8) is 0 Å². The van der Waals surface area contributed by atoms with Crippen molar-refractivity contribution in [2.24, 2.45) is 5.92 Å². The van der Waals surface area contributed by atoms with Gasteiger partial charge in [-0.25, -0.2) is 0 Å². The van der Waals surface area contributed by atoms with Crippen LogP contribution >= 0.6 is 22.6 Å². The van der Waals surface area contributed by atoms with E-state index in [1.54, 1.807) is 0 Å². The molecular formula is C15H29IOSi. The second kappa shape index (κ2) is 6.89. The molecule has 3 heteroatoms. The first-order valence-electron chi connectivity index (χ1n) is 7.22. The van der Waals surface area contributed by atoms with Gasteiger partial charge in [-0.05, 0) is 41.0 Å². The highest BCUT2D eigenvalue weighted by atomic mass is 127. The van der Waals surface area contributed by atoms with Crippen LogP contribution in [0.1, 0.15) is 52.9 Å². The fourth-order valence-corrected chi connectivity index (χ4v) is 4.06. The number of hydrogen-bond donors (Lipinski definition) is 0. The lowest BCUT2D eigenvalue weighted by Crippen LogP contribution is -2.45. The summed E-state index contributed by atoms with van der Waals surface area (Å²) in [6.45, 7) is 11.7. The molecule has 0 aromatic carbocycles. The average Bonchev–Trinajstić information content (AvgIpc) is 2.28. The van der Waals surface area contributed by atoms with E-state index >= 15 is 0 Å². The molecule has 0 aliphatic heterocycles. The van der Waals surface area contributed by atoms with Gasteiger partial charge in [0, 0.05) is 0 Å². The minimum atomic E-state index is -1.64. The summed E-state index contributed by atoms with van der Waals surface area (Å²) in [5.41, 5.74) is 0. The van der Waals surface area contributed by atoms with Gasteiger partial charge in [0.05, 0.1) is 6.10 Å². The lowest BCUT2D eigenvalue weighted by atomic mass is 9.85. The van der Waals surface area contributed by atoms with Gasteiger partial charge in [-0.2, -0.15) is 0 Å². The quantitative estimate of drug-likeness (QED) is 0.435. The number of halogens is 1. The summed E-state index contributed by atoms with van der Waals surface area (Å²) in [4.78, 5) is 0. The minimum Gasteiger partial charge on any atom is -0.410 e. The van der Waals surface area contributed by atoms with Crippen LogP contribution in [-0.4, -0.2) is 14.4 Å². The summed E-state index contributed by atoms with van der Waals surface area (Å²) in [7, 11) is -1.64. The Hall–Kier alpha value is 0.647. The molecule has 1 fully saturated rings. The van der Waals surface area contributed by atoms with Crippen molar-refractivity contribution in [3.05, 3.63) is 10.2 Å². The molecule has 0 bridgehead atoms. The molecule has 1 unspecified atom stereocenters. The highest BCUT2D eigenvalue weighted by molar-refractivity contribution is 14.1. The van der Waals surface area contributed by atoms with Crippen LogP contribution in [0.15, 0.2) is 10.2 Å². The molecule has 0 aromatic rings. The third-order valence-electron chi connectivity index (χ3n) is 4.61. The van der Waals surface area contributed by atoms with E-state index in [1.807, 2.05) is 0 Å². The second-order valence-corrected chi connectivity index (χ2v) is 12.5. The Morgan fingerprint density at radius 2 is 1.72 bits per heavy atom. The summed E-state index contributed by atoms with van der Waals surface area (Å²) in [5.74, 6) is 0.749. The van der Waals surface area contributed by atoms with Crippen LogP contribution < -0.4 is 0 Å².